The van der Waals surface area contributed by atoms with E-state index in [2.05, 4.69) is 15.9 Å². The van der Waals surface area contributed by atoms with E-state index in [0.29, 0.717) is 4.67 Å². The maximum Gasteiger partial charge on any atom is 0.334 e. The van der Waals surface area contributed by atoms with E-state index in [0.717, 1.165) is 4.90 Å². The molecule has 0 aliphatic carbocycles. The van der Waals surface area contributed by atoms with Gasteiger partial charge in [0.15, 0.2) is 10.4 Å². The molecule has 1 aliphatic rings. The molecule has 1 atom stereocenters. The van der Waals surface area contributed by atoms with E-state index < -0.39 is 35.0 Å². The number of furan rings is 1. The van der Waals surface area contributed by atoms with Crippen molar-refractivity contribution in [2.75, 3.05) is 0 Å². The molecule has 4 aromatic rings. The number of para-hydroxylation sites is 1. The molecule has 0 saturated heterocycles. The quantitative estimate of drug-likeness (QED) is 0.297. The molecule has 2 amide bonds. The molecule has 1 unspecified atom stereocenters. The van der Waals surface area contributed by atoms with Crippen molar-refractivity contribution < 1.29 is 28.0 Å². The Bertz CT molecular complexity index is 1480. The average molecular weight is 508 g/mol. The van der Waals surface area contributed by atoms with E-state index >= 15 is 0 Å². The minimum atomic E-state index is -1.29. The summed E-state index contributed by atoms with van der Waals surface area (Å²) in [7, 11) is 0. The van der Waals surface area contributed by atoms with Gasteiger partial charge in [-0.1, -0.05) is 24.3 Å². The Hall–Kier alpha value is -3.98. The van der Waals surface area contributed by atoms with Gasteiger partial charge in [0, 0.05) is 0 Å². The monoisotopic (exact) mass is 507 g/mol. The van der Waals surface area contributed by atoms with Gasteiger partial charge >= 0.3 is 5.97 Å². The van der Waals surface area contributed by atoms with Crippen LogP contribution in [0.3, 0.4) is 0 Å². The third kappa shape index (κ3) is 3.37. The number of rotatable bonds is 4. The number of hydrogen-bond acceptors (Lipinski definition) is 7. The topological polar surface area (TPSA) is 107 Å². The first-order valence-corrected chi connectivity index (χ1v) is 10.7. The lowest BCUT2D eigenvalue weighted by atomic mass is 10.1. The summed E-state index contributed by atoms with van der Waals surface area (Å²) in [5.41, 5.74) is 0.0856. The molecule has 5 rings (SSSR count). The van der Waals surface area contributed by atoms with Crippen LogP contribution in [0.2, 0.25) is 0 Å². The van der Waals surface area contributed by atoms with Crippen LogP contribution in [0.25, 0.3) is 22.5 Å². The molecule has 2 aromatic heterocycles. The molecular weight excluding hydrogens is 494 g/mol. The highest BCUT2D eigenvalue weighted by Crippen LogP contribution is 2.34. The van der Waals surface area contributed by atoms with Gasteiger partial charge in [-0.15, -0.1) is 0 Å². The summed E-state index contributed by atoms with van der Waals surface area (Å²) in [6.45, 7) is 1.36. The normalized spacial score (nSPS) is 13.9. The summed E-state index contributed by atoms with van der Waals surface area (Å²) in [6, 6.07) is 14.6. The van der Waals surface area contributed by atoms with Gasteiger partial charge < -0.3 is 13.6 Å². The summed E-state index contributed by atoms with van der Waals surface area (Å²) in [6.07, 6.45) is 0. The molecule has 9 heteroatoms. The third-order valence-electron chi connectivity index (χ3n) is 5.31. The Kier molecular flexibility index (Phi) is 4.98. The minimum Gasteiger partial charge on any atom is -0.449 e. The predicted octanol–water partition coefficient (Wildman–Crippen LogP) is 4.41. The Balaban J connectivity index is 1.55. The predicted molar refractivity (Wildman–Crippen MR) is 120 cm³/mol. The Labute approximate surface area is 194 Å². The molecule has 8 nitrogen and oxygen atoms in total. The number of esters is 1. The molecule has 33 heavy (non-hydrogen) atoms. The van der Waals surface area contributed by atoms with Crippen LogP contribution in [-0.2, 0) is 4.79 Å². The van der Waals surface area contributed by atoms with E-state index in [-0.39, 0.29) is 33.6 Å². The van der Waals surface area contributed by atoms with Gasteiger partial charge in [0.1, 0.15) is 11.6 Å². The number of benzene rings is 2. The summed E-state index contributed by atoms with van der Waals surface area (Å²) in [4.78, 5) is 52.5. The molecule has 164 valence electrons. The first-order valence-electron chi connectivity index (χ1n) is 9.87. The van der Waals surface area contributed by atoms with Crippen molar-refractivity contribution in [1.82, 2.24) is 4.90 Å². The zero-order chi connectivity index (χ0) is 23.3. The maximum atomic E-state index is 13.2. The minimum absolute atomic E-state index is 0.0905. The molecule has 2 aromatic carbocycles. The van der Waals surface area contributed by atoms with Crippen LogP contribution in [0.15, 0.2) is 79.0 Å². The highest BCUT2D eigenvalue weighted by atomic mass is 79.9. The van der Waals surface area contributed by atoms with Crippen LogP contribution in [0, 0.1) is 0 Å². The molecule has 0 bridgehead atoms. The number of fused-ring (bicyclic) bond motifs is 2. The van der Waals surface area contributed by atoms with Crippen molar-refractivity contribution in [3.63, 3.8) is 0 Å². The van der Waals surface area contributed by atoms with E-state index in [1.165, 1.54) is 25.1 Å². The van der Waals surface area contributed by atoms with Gasteiger partial charge in [-0.3, -0.25) is 19.3 Å². The van der Waals surface area contributed by atoms with Crippen LogP contribution in [-0.4, -0.2) is 28.7 Å². The third-order valence-corrected chi connectivity index (χ3v) is 5.74. The van der Waals surface area contributed by atoms with Crippen molar-refractivity contribution in [3.8, 4) is 17.3 Å². The molecule has 0 fully saturated rings. The fraction of sp³-hybridized carbons (Fsp3) is 0.0833. The second kappa shape index (κ2) is 7.86. The Morgan fingerprint density at radius 2 is 1.55 bits per heavy atom. The summed E-state index contributed by atoms with van der Waals surface area (Å²) in [5.74, 6) is -2.53. The number of amides is 2. The summed E-state index contributed by atoms with van der Waals surface area (Å²) in [5, 5.41) is 0.197. The van der Waals surface area contributed by atoms with E-state index in [1.54, 1.807) is 42.5 Å². The molecule has 0 radical (unpaired) electrons. The number of hydrogen-bond donors (Lipinski definition) is 0. The first-order chi connectivity index (χ1) is 15.9. The van der Waals surface area contributed by atoms with Gasteiger partial charge in [-0.05, 0) is 59.3 Å². The molecule has 0 saturated carbocycles. The van der Waals surface area contributed by atoms with Gasteiger partial charge in [-0.25, -0.2) is 4.79 Å². The number of imide groups is 1. The first kappa shape index (κ1) is 20.9. The highest BCUT2D eigenvalue weighted by Gasteiger charge is 2.41. The second-order valence-electron chi connectivity index (χ2n) is 7.31. The SMILES string of the molecule is CC(C(=O)Oc1c(-c2ccc(Br)o2)oc2ccccc2c1=O)N1C(=O)c2ccccc2C1=O. The van der Waals surface area contributed by atoms with E-state index in [9.17, 15) is 19.2 Å². The van der Waals surface area contributed by atoms with Crippen molar-refractivity contribution in [2.24, 2.45) is 0 Å². The van der Waals surface area contributed by atoms with Gasteiger partial charge in [-0.2, -0.15) is 0 Å². The average Bonchev–Trinajstić information content (AvgIpc) is 3.36. The second-order valence-corrected chi connectivity index (χ2v) is 8.09. The van der Waals surface area contributed by atoms with Crippen molar-refractivity contribution in [2.45, 2.75) is 13.0 Å². The van der Waals surface area contributed by atoms with Gasteiger partial charge in [0.05, 0.1) is 16.5 Å². The lowest BCUT2D eigenvalue weighted by molar-refractivity contribution is -0.138. The van der Waals surface area contributed by atoms with Crippen LogP contribution < -0.4 is 10.2 Å². The molecule has 1 aliphatic heterocycles. The number of carbonyl (C=O) groups is 3. The molecule has 0 spiro atoms. The molecular formula is C24H14BrNO7. The highest BCUT2D eigenvalue weighted by molar-refractivity contribution is 9.10. The zero-order valence-corrected chi connectivity index (χ0v) is 18.6. The summed E-state index contributed by atoms with van der Waals surface area (Å²) < 4.78 is 17.2. The molecule has 0 N–H and O–H groups in total. The van der Waals surface area contributed by atoms with Crippen LogP contribution >= 0.6 is 15.9 Å². The number of carbonyl (C=O) groups excluding carboxylic acids is 3. The zero-order valence-electron chi connectivity index (χ0n) is 17.0. The summed E-state index contributed by atoms with van der Waals surface area (Å²) >= 11 is 3.19. The van der Waals surface area contributed by atoms with Crippen molar-refractivity contribution >= 4 is 44.7 Å². The largest absolute Gasteiger partial charge is 0.449 e. The lowest BCUT2D eigenvalue weighted by Gasteiger charge is -2.21. The molecule has 3 heterocycles. The van der Waals surface area contributed by atoms with E-state index in [4.69, 9.17) is 13.6 Å². The number of nitrogens with zero attached hydrogens (tertiary/aromatic N) is 1. The van der Waals surface area contributed by atoms with Crippen LogP contribution in [0.4, 0.5) is 0 Å². The van der Waals surface area contributed by atoms with Crippen LogP contribution in [0.5, 0.6) is 5.75 Å². The number of ether oxygens (including phenoxy) is 1. The maximum absolute atomic E-state index is 13.2. The van der Waals surface area contributed by atoms with Gasteiger partial charge in [0.25, 0.3) is 11.8 Å². The standard InChI is InChI=1S/C24H14BrNO7/c1-12(26-22(28)13-6-2-3-7-14(13)23(26)29)24(30)33-21-19(27)15-8-4-5-9-16(15)32-20(21)17-10-11-18(25)31-17/h2-12H,1H3. The Morgan fingerprint density at radius 3 is 2.18 bits per heavy atom. The number of halogens is 1. The smallest absolute Gasteiger partial charge is 0.334 e. The van der Waals surface area contributed by atoms with Crippen molar-refractivity contribution in [3.05, 3.63) is 86.7 Å². The van der Waals surface area contributed by atoms with E-state index in [1.807, 2.05) is 0 Å². The Morgan fingerprint density at radius 1 is 0.909 bits per heavy atom. The lowest BCUT2D eigenvalue weighted by Crippen LogP contribution is -2.45. The van der Waals surface area contributed by atoms with Crippen molar-refractivity contribution in [1.29, 1.82) is 0 Å². The van der Waals surface area contributed by atoms with Crippen LogP contribution in [0.1, 0.15) is 27.6 Å². The fourth-order valence-electron chi connectivity index (χ4n) is 3.67. The van der Waals surface area contributed by atoms with Gasteiger partial charge in [0.2, 0.25) is 16.9 Å². The fourth-order valence-corrected chi connectivity index (χ4v) is 3.97.